The number of nitrogens with two attached hydrogens (primary N) is 1. The molecule has 0 aliphatic carbocycles. The average molecular weight is 230 g/mol. The molecule has 0 heterocycles. The van der Waals surface area contributed by atoms with Crippen LogP contribution < -0.4 is 10.5 Å². The lowest BCUT2D eigenvalue weighted by molar-refractivity contribution is 0.324. The Labute approximate surface area is 101 Å². The molecule has 5 heteroatoms. The van der Waals surface area contributed by atoms with Gasteiger partial charge in [0.1, 0.15) is 5.75 Å². The van der Waals surface area contributed by atoms with Gasteiger partial charge in [0.25, 0.3) is 0 Å². The predicted octanol–water partition coefficient (Wildman–Crippen LogP) is 1.13. The zero-order valence-electron chi connectivity index (χ0n) is 9.68. The van der Waals surface area contributed by atoms with Crippen molar-refractivity contribution >= 4 is 5.69 Å². The van der Waals surface area contributed by atoms with E-state index in [1.165, 1.54) is 0 Å². The first-order chi connectivity index (χ1) is 8.21. The molecule has 5 nitrogen and oxygen atoms in total. The first-order valence-corrected chi connectivity index (χ1v) is 5.10. The highest BCUT2D eigenvalue weighted by Gasteiger charge is 2.09. The van der Waals surface area contributed by atoms with Crippen LogP contribution in [-0.4, -0.2) is 25.1 Å². The zero-order chi connectivity index (χ0) is 12.7. The van der Waals surface area contributed by atoms with Gasteiger partial charge in [0.05, 0.1) is 32.3 Å². The molecule has 0 atom stereocenters. The molecule has 1 rings (SSSR count). The van der Waals surface area contributed by atoms with Crippen LogP contribution in [0.4, 0.5) is 5.69 Å². The summed E-state index contributed by atoms with van der Waals surface area (Å²) in [6, 6.07) is 9.38. The van der Waals surface area contributed by atoms with E-state index in [9.17, 15) is 0 Å². The van der Waals surface area contributed by atoms with E-state index in [1.807, 2.05) is 12.1 Å². The van der Waals surface area contributed by atoms with Crippen molar-refractivity contribution in [2.75, 3.05) is 25.9 Å². The number of hydrogen-bond donors (Lipinski definition) is 1. The molecule has 0 saturated carbocycles. The summed E-state index contributed by atoms with van der Waals surface area (Å²) >= 11 is 0. The third kappa shape index (κ3) is 3.67. The number of nitriles is 2. The molecule has 0 fully saturated rings. The Balaban J connectivity index is 2.88. The van der Waals surface area contributed by atoms with Crippen molar-refractivity contribution in [1.29, 1.82) is 10.5 Å². The third-order valence-corrected chi connectivity index (χ3v) is 2.29. The van der Waals surface area contributed by atoms with Gasteiger partial charge in [-0.15, -0.1) is 0 Å². The van der Waals surface area contributed by atoms with Crippen LogP contribution in [0.2, 0.25) is 0 Å². The Morgan fingerprint density at radius 1 is 1.29 bits per heavy atom. The van der Waals surface area contributed by atoms with E-state index in [0.717, 1.165) is 5.56 Å². The van der Waals surface area contributed by atoms with E-state index >= 15 is 0 Å². The molecule has 0 aliphatic rings. The van der Waals surface area contributed by atoms with Crippen LogP contribution in [0.5, 0.6) is 5.75 Å². The van der Waals surface area contributed by atoms with Crippen molar-refractivity contribution in [2.24, 2.45) is 0 Å². The maximum Gasteiger partial charge on any atom is 0.123 e. The van der Waals surface area contributed by atoms with Crippen molar-refractivity contribution in [1.82, 2.24) is 4.90 Å². The molecule has 0 saturated heterocycles. The minimum absolute atomic E-state index is 0.200. The first-order valence-electron chi connectivity index (χ1n) is 5.10. The summed E-state index contributed by atoms with van der Waals surface area (Å²) < 4.78 is 5.21. The maximum absolute atomic E-state index is 8.67. The van der Waals surface area contributed by atoms with E-state index in [1.54, 1.807) is 30.2 Å². The monoisotopic (exact) mass is 230 g/mol. The van der Waals surface area contributed by atoms with Crippen LogP contribution in [-0.2, 0) is 6.54 Å². The van der Waals surface area contributed by atoms with Gasteiger partial charge in [-0.25, -0.2) is 0 Å². The lowest BCUT2D eigenvalue weighted by Gasteiger charge is -2.17. The smallest absolute Gasteiger partial charge is 0.123 e. The van der Waals surface area contributed by atoms with Crippen LogP contribution in [0, 0.1) is 22.7 Å². The topological polar surface area (TPSA) is 86.1 Å². The van der Waals surface area contributed by atoms with E-state index in [-0.39, 0.29) is 13.1 Å². The van der Waals surface area contributed by atoms with Gasteiger partial charge in [-0.3, -0.25) is 4.90 Å². The molecule has 0 amide bonds. The summed E-state index contributed by atoms with van der Waals surface area (Å²) in [5.74, 6) is 0.708. The van der Waals surface area contributed by atoms with Crippen molar-refractivity contribution in [3.63, 3.8) is 0 Å². The van der Waals surface area contributed by atoms with E-state index < -0.39 is 0 Å². The quantitative estimate of drug-likeness (QED) is 0.605. The van der Waals surface area contributed by atoms with Crippen molar-refractivity contribution in [3.8, 4) is 17.9 Å². The number of nitrogens with zero attached hydrogens (tertiary/aromatic N) is 3. The normalized spacial score (nSPS) is 9.65. The summed E-state index contributed by atoms with van der Waals surface area (Å²) in [6.45, 7) is 0.867. The number of rotatable bonds is 5. The van der Waals surface area contributed by atoms with Gasteiger partial charge in [0.2, 0.25) is 0 Å². The molecule has 1 aromatic carbocycles. The highest BCUT2D eigenvalue weighted by Crippen LogP contribution is 2.22. The van der Waals surface area contributed by atoms with Gasteiger partial charge < -0.3 is 10.5 Å². The molecule has 1 aromatic rings. The molecule has 0 radical (unpaired) electrons. The van der Waals surface area contributed by atoms with E-state index in [0.29, 0.717) is 18.0 Å². The van der Waals surface area contributed by atoms with E-state index in [2.05, 4.69) is 0 Å². The van der Waals surface area contributed by atoms with Crippen LogP contribution in [0.15, 0.2) is 18.2 Å². The molecule has 2 N–H and O–H groups in total. The second-order valence-corrected chi connectivity index (χ2v) is 3.53. The molecule has 0 spiro atoms. The number of anilines is 1. The fourth-order valence-electron chi connectivity index (χ4n) is 1.53. The predicted molar refractivity (Wildman–Crippen MR) is 63.9 cm³/mol. The van der Waals surface area contributed by atoms with Crippen molar-refractivity contribution in [3.05, 3.63) is 23.8 Å². The van der Waals surface area contributed by atoms with Gasteiger partial charge in [0.15, 0.2) is 0 Å². The molecule has 0 aliphatic heterocycles. The lowest BCUT2D eigenvalue weighted by atomic mass is 10.1. The number of ether oxygens (including phenoxy) is 1. The Bertz CT molecular complexity index is 443. The maximum atomic E-state index is 8.67. The first kappa shape index (κ1) is 12.8. The molecular formula is C12H14N4O. The SMILES string of the molecule is COc1ccc(N)cc1CN(CC#N)CC#N. The zero-order valence-corrected chi connectivity index (χ0v) is 9.68. The Morgan fingerprint density at radius 2 is 1.94 bits per heavy atom. The molecule has 17 heavy (non-hydrogen) atoms. The van der Waals surface area contributed by atoms with E-state index in [4.69, 9.17) is 21.0 Å². The summed E-state index contributed by atoms with van der Waals surface area (Å²) in [5, 5.41) is 17.3. The van der Waals surface area contributed by atoms with Gasteiger partial charge >= 0.3 is 0 Å². The van der Waals surface area contributed by atoms with Gasteiger partial charge in [-0.2, -0.15) is 10.5 Å². The number of hydrogen-bond acceptors (Lipinski definition) is 5. The highest BCUT2D eigenvalue weighted by molar-refractivity contribution is 5.47. The van der Waals surface area contributed by atoms with Gasteiger partial charge in [-0.1, -0.05) is 0 Å². The van der Waals surface area contributed by atoms with Crippen LogP contribution >= 0.6 is 0 Å². The van der Waals surface area contributed by atoms with Gasteiger partial charge in [0, 0.05) is 17.8 Å². The fraction of sp³-hybridized carbons (Fsp3) is 0.333. The second kappa shape index (κ2) is 6.37. The molecule has 0 unspecified atom stereocenters. The van der Waals surface area contributed by atoms with Crippen LogP contribution in [0.1, 0.15) is 5.56 Å². The Hall–Kier alpha value is -2.24. The lowest BCUT2D eigenvalue weighted by Crippen LogP contribution is -2.24. The van der Waals surface area contributed by atoms with Crippen molar-refractivity contribution in [2.45, 2.75) is 6.54 Å². The number of methoxy groups -OCH3 is 1. The largest absolute Gasteiger partial charge is 0.496 e. The van der Waals surface area contributed by atoms with Crippen LogP contribution in [0.25, 0.3) is 0 Å². The number of benzene rings is 1. The minimum atomic E-state index is 0.200. The minimum Gasteiger partial charge on any atom is -0.496 e. The summed E-state index contributed by atoms with van der Waals surface area (Å²) in [5.41, 5.74) is 7.21. The molecular weight excluding hydrogens is 216 g/mol. The van der Waals surface area contributed by atoms with Crippen molar-refractivity contribution < 1.29 is 4.74 Å². The summed E-state index contributed by atoms with van der Waals surface area (Å²) in [7, 11) is 1.58. The second-order valence-electron chi connectivity index (χ2n) is 3.53. The summed E-state index contributed by atoms with van der Waals surface area (Å²) in [4.78, 5) is 1.72. The standard InChI is InChI=1S/C12H14N4O/c1-17-12-3-2-11(15)8-10(12)9-16(6-4-13)7-5-14/h2-3,8H,6-7,9,15H2,1H3. The van der Waals surface area contributed by atoms with Gasteiger partial charge in [-0.05, 0) is 18.2 Å². The van der Waals surface area contributed by atoms with Crippen LogP contribution in [0.3, 0.4) is 0 Å². The fourth-order valence-corrected chi connectivity index (χ4v) is 1.53. The molecule has 0 aromatic heterocycles. The Kier molecular flexibility index (Phi) is 4.80. The molecule has 0 bridgehead atoms. The summed E-state index contributed by atoms with van der Waals surface area (Å²) in [6.07, 6.45) is 0. The number of nitrogen functional groups attached to an aromatic ring is 1. The average Bonchev–Trinajstić information content (AvgIpc) is 2.30. The highest BCUT2D eigenvalue weighted by atomic mass is 16.5. The molecule has 88 valence electrons. The Morgan fingerprint density at radius 3 is 2.47 bits per heavy atom. The third-order valence-electron chi connectivity index (χ3n) is 2.29.